The molecule has 0 radical (unpaired) electrons. The molecule has 1 aliphatic rings. The summed E-state index contributed by atoms with van der Waals surface area (Å²) in [5, 5.41) is 13.1. The van der Waals surface area contributed by atoms with E-state index in [2.05, 4.69) is 29.6 Å². The predicted octanol–water partition coefficient (Wildman–Crippen LogP) is 2.20. The van der Waals surface area contributed by atoms with Crippen molar-refractivity contribution in [3.05, 3.63) is 42.0 Å². The summed E-state index contributed by atoms with van der Waals surface area (Å²) < 4.78 is 0. The van der Waals surface area contributed by atoms with Crippen LogP contribution in [0.1, 0.15) is 24.8 Å². The SMILES string of the molecule is OC1(CNCC=Cc2ccccc2)CCC1. The number of nitrogens with one attached hydrogen (secondary N) is 1. The van der Waals surface area contributed by atoms with Crippen LogP contribution in [-0.4, -0.2) is 23.8 Å². The first-order chi connectivity index (χ1) is 7.79. The van der Waals surface area contributed by atoms with Gasteiger partial charge in [0.05, 0.1) is 5.60 Å². The van der Waals surface area contributed by atoms with Crippen LogP contribution in [0.15, 0.2) is 36.4 Å². The average Bonchev–Trinajstić information content (AvgIpc) is 2.28. The fourth-order valence-corrected chi connectivity index (χ4v) is 1.91. The third-order valence-corrected chi connectivity index (χ3v) is 3.11. The predicted molar refractivity (Wildman–Crippen MR) is 67.1 cm³/mol. The lowest BCUT2D eigenvalue weighted by Gasteiger charge is -2.36. The van der Waals surface area contributed by atoms with E-state index >= 15 is 0 Å². The number of rotatable bonds is 5. The van der Waals surface area contributed by atoms with Crippen molar-refractivity contribution in [2.75, 3.05) is 13.1 Å². The second-order valence-electron chi connectivity index (χ2n) is 4.52. The summed E-state index contributed by atoms with van der Waals surface area (Å²) in [6.45, 7) is 1.53. The van der Waals surface area contributed by atoms with Gasteiger partial charge in [-0.3, -0.25) is 0 Å². The van der Waals surface area contributed by atoms with E-state index in [9.17, 15) is 5.11 Å². The molecule has 2 rings (SSSR count). The summed E-state index contributed by atoms with van der Waals surface area (Å²) in [4.78, 5) is 0. The molecular formula is C14H19NO. The Bertz CT molecular complexity index is 341. The van der Waals surface area contributed by atoms with Gasteiger partial charge in [0.1, 0.15) is 0 Å². The zero-order valence-corrected chi connectivity index (χ0v) is 9.52. The van der Waals surface area contributed by atoms with Gasteiger partial charge in [0.2, 0.25) is 0 Å². The lowest BCUT2D eigenvalue weighted by molar-refractivity contribution is -0.0305. The summed E-state index contributed by atoms with van der Waals surface area (Å²) in [6.07, 6.45) is 7.25. The van der Waals surface area contributed by atoms with Gasteiger partial charge in [-0.25, -0.2) is 0 Å². The summed E-state index contributed by atoms with van der Waals surface area (Å²) >= 11 is 0. The van der Waals surface area contributed by atoms with E-state index in [1.54, 1.807) is 0 Å². The largest absolute Gasteiger partial charge is 0.389 e. The molecule has 0 saturated heterocycles. The maximum atomic E-state index is 9.84. The van der Waals surface area contributed by atoms with Crippen LogP contribution in [0.25, 0.3) is 6.08 Å². The summed E-state index contributed by atoms with van der Waals surface area (Å²) in [5.41, 5.74) is 0.798. The highest BCUT2D eigenvalue weighted by Crippen LogP contribution is 2.30. The number of hydrogen-bond donors (Lipinski definition) is 2. The van der Waals surface area contributed by atoms with Crippen LogP contribution in [0.4, 0.5) is 0 Å². The molecular weight excluding hydrogens is 198 g/mol. The van der Waals surface area contributed by atoms with Gasteiger partial charge in [0, 0.05) is 13.1 Å². The van der Waals surface area contributed by atoms with E-state index in [4.69, 9.17) is 0 Å². The molecule has 16 heavy (non-hydrogen) atoms. The Morgan fingerprint density at radius 1 is 1.25 bits per heavy atom. The molecule has 0 amide bonds. The van der Waals surface area contributed by atoms with Crippen molar-refractivity contribution in [2.45, 2.75) is 24.9 Å². The van der Waals surface area contributed by atoms with Gasteiger partial charge in [-0.1, -0.05) is 42.5 Å². The molecule has 0 spiro atoms. The Morgan fingerprint density at radius 3 is 2.62 bits per heavy atom. The zero-order valence-electron chi connectivity index (χ0n) is 9.52. The highest BCUT2D eigenvalue weighted by molar-refractivity contribution is 5.48. The van der Waals surface area contributed by atoms with Crippen LogP contribution in [0.5, 0.6) is 0 Å². The summed E-state index contributed by atoms with van der Waals surface area (Å²) in [6, 6.07) is 10.2. The maximum absolute atomic E-state index is 9.84. The van der Waals surface area contributed by atoms with E-state index in [1.807, 2.05) is 18.2 Å². The highest BCUT2D eigenvalue weighted by atomic mass is 16.3. The minimum atomic E-state index is -0.416. The van der Waals surface area contributed by atoms with Crippen molar-refractivity contribution in [3.8, 4) is 0 Å². The molecule has 86 valence electrons. The third kappa shape index (κ3) is 3.19. The van der Waals surface area contributed by atoms with E-state index in [-0.39, 0.29) is 0 Å². The topological polar surface area (TPSA) is 32.3 Å². The van der Waals surface area contributed by atoms with Crippen LogP contribution in [0.3, 0.4) is 0 Å². The molecule has 1 saturated carbocycles. The Balaban J connectivity index is 1.66. The Morgan fingerprint density at radius 2 is 2.00 bits per heavy atom. The van der Waals surface area contributed by atoms with Gasteiger partial charge >= 0.3 is 0 Å². The van der Waals surface area contributed by atoms with Crippen molar-refractivity contribution < 1.29 is 5.11 Å². The molecule has 1 aromatic rings. The first kappa shape index (κ1) is 11.4. The number of benzene rings is 1. The first-order valence-electron chi connectivity index (χ1n) is 5.93. The second-order valence-corrected chi connectivity index (χ2v) is 4.52. The number of hydrogen-bond acceptors (Lipinski definition) is 2. The molecule has 0 aromatic heterocycles. The lowest BCUT2D eigenvalue weighted by Crippen LogP contribution is -2.46. The fraction of sp³-hybridized carbons (Fsp3) is 0.429. The minimum absolute atomic E-state index is 0.416. The Labute approximate surface area is 97.0 Å². The lowest BCUT2D eigenvalue weighted by atomic mass is 9.80. The van der Waals surface area contributed by atoms with Crippen LogP contribution < -0.4 is 5.32 Å². The molecule has 0 atom stereocenters. The molecule has 0 bridgehead atoms. The molecule has 2 nitrogen and oxygen atoms in total. The maximum Gasteiger partial charge on any atom is 0.0771 e. The van der Waals surface area contributed by atoms with Crippen molar-refractivity contribution in [3.63, 3.8) is 0 Å². The van der Waals surface area contributed by atoms with Crippen LogP contribution in [0, 0.1) is 0 Å². The van der Waals surface area contributed by atoms with E-state index in [0.29, 0.717) is 6.54 Å². The standard InChI is InChI=1S/C14H19NO/c16-14(9-5-10-14)12-15-11-4-8-13-6-2-1-3-7-13/h1-4,6-8,15-16H,5,9-12H2. The molecule has 1 aromatic carbocycles. The molecule has 1 fully saturated rings. The summed E-state index contributed by atoms with van der Waals surface area (Å²) in [5.74, 6) is 0. The third-order valence-electron chi connectivity index (χ3n) is 3.11. The smallest absolute Gasteiger partial charge is 0.0771 e. The van der Waals surface area contributed by atoms with Crippen LogP contribution in [-0.2, 0) is 0 Å². The zero-order chi connectivity index (χ0) is 11.3. The van der Waals surface area contributed by atoms with Crippen LogP contribution in [0.2, 0.25) is 0 Å². The molecule has 0 unspecified atom stereocenters. The van der Waals surface area contributed by atoms with Gasteiger partial charge in [0.25, 0.3) is 0 Å². The van der Waals surface area contributed by atoms with Gasteiger partial charge in [-0.05, 0) is 24.8 Å². The highest BCUT2D eigenvalue weighted by Gasteiger charge is 2.33. The van der Waals surface area contributed by atoms with E-state index < -0.39 is 5.60 Å². The normalized spacial score (nSPS) is 18.6. The Kier molecular flexibility index (Phi) is 3.75. The van der Waals surface area contributed by atoms with Crippen molar-refractivity contribution >= 4 is 6.08 Å². The molecule has 0 aliphatic heterocycles. The molecule has 2 N–H and O–H groups in total. The monoisotopic (exact) mass is 217 g/mol. The quantitative estimate of drug-likeness (QED) is 0.741. The average molecular weight is 217 g/mol. The van der Waals surface area contributed by atoms with E-state index in [0.717, 1.165) is 25.8 Å². The van der Waals surface area contributed by atoms with Crippen LogP contribution >= 0.6 is 0 Å². The van der Waals surface area contributed by atoms with Crippen molar-refractivity contribution in [1.29, 1.82) is 0 Å². The molecule has 2 heteroatoms. The minimum Gasteiger partial charge on any atom is -0.389 e. The van der Waals surface area contributed by atoms with E-state index in [1.165, 1.54) is 5.56 Å². The van der Waals surface area contributed by atoms with Crippen molar-refractivity contribution in [2.24, 2.45) is 0 Å². The van der Waals surface area contributed by atoms with Gasteiger partial charge in [0.15, 0.2) is 0 Å². The van der Waals surface area contributed by atoms with Gasteiger partial charge < -0.3 is 10.4 Å². The fourth-order valence-electron chi connectivity index (χ4n) is 1.91. The van der Waals surface area contributed by atoms with Crippen molar-refractivity contribution in [1.82, 2.24) is 5.32 Å². The van der Waals surface area contributed by atoms with Gasteiger partial charge in [-0.15, -0.1) is 0 Å². The molecule has 1 aliphatic carbocycles. The Hall–Kier alpha value is -1.12. The second kappa shape index (κ2) is 5.28. The summed E-state index contributed by atoms with van der Waals surface area (Å²) in [7, 11) is 0. The molecule has 0 heterocycles. The first-order valence-corrected chi connectivity index (χ1v) is 5.93. The number of aliphatic hydroxyl groups is 1. The van der Waals surface area contributed by atoms with Gasteiger partial charge in [-0.2, -0.15) is 0 Å².